The number of imidazole rings is 1. The van der Waals surface area contributed by atoms with Crippen LogP contribution in [0.15, 0.2) is 55.1 Å². The summed E-state index contributed by atoms with van der Waals surface area (Å²) in [5.74, 6) is 0.316. The van der Waals surface area contributed by atoms with Gasteiger partial charge in [-0.15, -0.1) is 6.58 Å². The molecule has 0 unspecified atom stereocenters. The smallest absolute Gasteiger partial charge is 0.257 e. The number of nitriles is 1. The maximum atomic E-state index is 13.0. The summed E-state index contributed by atoms with van der Waals surface area (Å²) in [5.41, 5.74) is 3.24. The van der Waals surface area contributed by atoms with Gasteiger partial charge in [0.25, 0.3) is 5.91 Å². The number of fused-ring (bicyclic) bond motifs is 1. The van der Waals surface area contributed by atoms with Crippen LogP contribution in [0, 0.1) is 17.2 Å². The van der Waals surface area contributed by atoms with E-state index < -0.39 is 0 Å². The SMILES string of the molecule is C=CCn1c(NC(=O)c2ccc(C#N)cc2)nc2cc(N(C)C(=O)C3CCCCC3)ccc21. The Morgan fingerprint density at radius 1 is 1.21 bits per heavy atom. The lowest BCUT2D eigenvalue weighted by molar-refractivity contribution is -0.123. The number of hydrogen-bond donors (Lipinski definition) is 1. The molecular formula is C26H27N5O2. The van der Waals surface area contributed by atoms with E-state index >= 15 is 0 Å². The van der Waals surface area contributed by atoms with E-state index in [2.05, 4.69) is 16.9 Å². The molecule has 7 heteroatoms. The highest BCUT2D eigenvalue weighted by Gasteiger charge is 2.25. The van der Waals surface area contributed by atoms with E-state index in [9.17, 15) is 9.59 Å². The highest BCUT2D eigenvalue weighted by molar-refractivity contribution is 6.04. The number of benzene rings is 2. The second kappa shape index (κ2) is 9.70. The normalized spacial score (nSPS) is 13.9. The molecule has 33 heavy (non-hydrogen) atoms. The molecule has 7 nitrogen and oxygen atoms in total. The van der Waals surface area contributed by atoms with Crippen LogP contribution in [0.2, 0.25) is 0 Å². The summed E-state index contributed by atoms with van der Waals surface area (Å²) in [7, 11) is 1.81. The van der Waals surface area contributed by atoms with Crippen molar-refractivity contribution < 1.29 is 9.59 Å². The first kappa shape index (κ1) is 22.3. The van der Waals surface area contributed by atoms with Crippen molar-refractivity contribution in [1.82, 2.24) is 9.55 Å². The van der Waals surface area contributed by atoms with E-state index in [1.54, 1.807) is 35.2 Å². The molecule has 0 saturated heterocycles. The lowest BCUT2D eigenvalue weighted by Crippen LogP contribution is -2.33. The van der Waals surface area contributed by atoms with E-state index in [0.717, 1.165) is 36.9 Å². The third-order valence-corrected chi connectivity index (χ3v) is 6.22. The molecule has 0 bridgehead atoms. The van der Waals surface area contributed by atoms with Gasteiger partial charge in [-0.1, -0.05) is 25.3 Å². The lowest BCUT2D eigenvalue weighted by atomic mass is 9.88. The number of nitrogens with zero attached hydrogens (tertiary/aromatic N) is 4. The molecule has 1 aliphatic rings. The fourth-order valence-corrected chi connectivity index (χ4v) is 4.36. The average molecular weight is 442 g/mol. The van der Waals surface area contributed by atoms with Gasteiger partial charge in [-0.2, -0.15) is 5.26 Å². The molecule has 168 valence electrons. The van der Waals surface area contributed by atoms with E-state index in [4.69, 9.17) is 5.26 Å². The van der Waals surface area contributed by atoms with Gasteiger partial charge in [0.15, 0.2) is 0 Å². The van der Waals surface area contributed by atoms with Crippen LogP contribution in [0.4, 0.5) is 11.6 Å². The molecule has 0 aliphatic heterocycles. The molecule has 1 heterocycles. The zero-order valence-corrected chi connectivity index (χ0v) is 18.8. The summed E-state index contributed by atoms with van der Waals surface area (Å²) in [5, 5.41) is 11.8. The molecule has 1 fully saturated rings. The van der Waals surface area contributed by atoms with Crippen LogP contribution in [0.25, 0.3) is 11.0 Å². The number of carbonyl (C=O) groups is 2. The number of amides is 2. The van der Waals surface area contributed by atoms with Gasteiger partial charge in [0.2, 0.25) is 11.9 Å². The lowest BCUT2D eigenvalue weighted by Gasteiger charge is -2.26. The molecule has 0 spiro atoms. The fraction of sp³-hybridized carbons (Fsp3) is 0.308. The molecule has 1 N–H and O–H groups in total. The maximum Gasteiger partial charge on any atom is 0.257 e. The number of nitrogens with one attached hydrogen (secondary N) is 1. The van der Waals surface area contributed by atoms with E-state index in [1.807, 2.05) is 35.9 Å². The Morgan fingerprint density at radius 2 is 1.94 bits per heavy atom. The Balaban J connectivity index is 1.61. The summed E-state index contributed by atoms with van der Waals surface area (Å²) in [6.45, 7) is 4.28. The van der Waals surface area contributed by atoms with Crippen LogP contribution in [-0.4, -0.2) is 28.4 Å². The zero-order chi connectivity index (χ0) is 23.4. The highest BCUT2D eigenvalue weighted by Crippen LogP contribution is 2.29. The minimum atomic E-state index is -0.315. The van der Waals surface area contributed by atoms with Crippen molar-refractivity contribution in [2.45, 2.75) is 38.6 Å². The Hall–Kier alpha value is -3.92. The molecule has 2 aromatic carbocycles. The number of aromatic nitrogens is 2. The van der Waals surface area contributed by atoms with Crippen molar-refractivity contribution in [3.8, 4) is 6.07 Å². The molecule has 0 radical (unpaired) electrons. The predicted molar refractivity (Wildman–Crippen MR) is 129 cm³/mol. The standard InChI is InChI=1S/C26H27N5O2/c1-3-15-31-23-14-13-21(30(2)25(33)20-7-5-4-6-8-20)16-22(23)28-26(31)29-24(32)19-11-9-18(17-27)10-12-19/h3,9-14,16,20H,1,4-8,15H2,2H3,(H,28,29,32). The van der Waals surface area contributed by atoms with Gasteiger partial charge in [0, 0.05) is 30.8 Å². The van der Waals surface area contributed by atoms with Crippen molar-refractivity contribution >= 4 is 34.5 Å². The van der Waals surface area contributed by atoms with Crippen molar-refractivity contribution in [1.29, 1.82) is 5.26 Å². The second-order valence-electron chi connectivity index (χ2n) is 8.38. The first-order chi connectivity index (χ1) is 16.0. The summed E-state index contributed by atoms with van der Waals surface area (Å²) in [4.78, 5) is 32.1. The Kier molecular flexibility index (Phi) is 6.55. The van der Waals surface area contributed by atoms with E-state index in [1.165, 1.54) is 6.42 Å². The van der Waals surface area contributed by atoms with Crippen molar-refractivity contribution in [3.05, 3.63) is 66.2 Å². The maximum absolute atomic E-state index is 13.0. The topological polar surface area (TPSA) is 91.0 Å². The predicted octanol–water partition coefficient (Wildman–Crippen LogP) is 4.89. The van der Waals surface area contributed by atoms with Crippen LogP contribution in [0.1, 0.15) is 48.0 Å². The van der Waals surface area contributed by atoms with Crippen molar-refractivity contribution in [2.24, 2.45) is 5.92 Å². The summed E-state index contributed by atoms with van der Waals surface area (Å²) >= 11 is 0. The molecule has 1 aliphatic carbocycles. The molecule has 0 atom stereocenters. The largest absolute Gasteiger partial charge is 0.315 e. The first-order valence-corrected chi connectivity index (χ1v) is 11.2. The van der Waals surface area contributed by atoms with Crippen molar-refractivity contribution in [2.75, 3.05) is 17.3 Å². The number of anilines is 2. The van der Waals surface area contributed by atoms with Gasteiger partial charge >= 0.3 is 0 Å². The van der Waals surface area contributed by atoms with Gasteiger partial charge in [0.1, 0.15) is 0 Å². The van der Waals surface area contributed by atoms with Crippen LogP contribution in [0.5, 0.6) is 0 Å². The Labute approximate surface area is 193 Å². The molecule has 4 rings (SSSR count). The number of allylic oxidation sites excluding steroid dienone is 1. The summed E-state index contributed by atoms with van der Waals surface area (Å²) in [6, 6.07) is 14.2. The van der Waals surface area contributed by atoms with E-state index in [0.29, 0.717) is 29.1 Å². The van der Waals surface area contributed by atoms with Gasteiger partial charge in [-0.3, -0.25) is 14.9 Å². The van der Waals surface area contributed by atoms with Gasteiger partial charge < -0.3 is 9.47 Å². The van der Waals surface area contributed by atoms with Crippen LogP contribution < -0.4 is 10.2 Å². The quantitative estimate of drug-likeness (QED) is 0.552. The fourth-order valence-electron chi connectivity index (χ4n) is 4.36. The van der Waals surface area contributed by atoms with Crippen LogP contribution in [0.3, 0.4) is 0 Å². The molecule has 2 amide bonds. The van der Waals surface area contributed by atoms with Gasteiger partial charge in [-0.25, -0.2) is 4.98 Å². The first-order valence-electron chi connectivity index (χ1n) is 11.2. The third-order valence-electron chi connectivity index (χ3n) is 6.22. The van der Waals surface area contributed by atoms with Gasteiger partial charge in [0.05, 0.1) is 22.7 Å². The van der Waals surface area contributed by atoms with E-state index in [-0.39, 0.29) is 17.7 Å². The summed E-state index contributed by atoms with van der Waals surface area (Å²) in [6.07, 6.45) is 7.06. The van der Waals surface area contributed by atoms with Crippen LogP contribution in [-0.2, 0) is 11.3 Å². The minimum Gasteiger partial charge on any atom is -0.315 e. The Bertz CT molecular complexity index is 1230. The molecule has 3 aromatic rings. The summed E-state index contributed by atoms with van der Waals surface area (Å²) < 4.78 is 1.87. The molecular weight excluding hydrogens is 414 g/mol. The number of rotatable bonds is 6. The van der Waals surface area contributed by atoms with Crippen molar-refractivity contribution in [3.63, 3.8) is 0 Å². The monoisotopic (exact) mass is 441 g/mol. The van der Waals surface area contributed by atoms with Gasteiger partial charge in [-0.05, 0) is 55.3 Å². The Morgan fingerprint density at radius 3 is 2.61 bits per heavy atom. The third kappa shape index (κ3) is 4.65. The second-order valence-corrected chi connectivity index (χ2v) is 8.38. The van der Waals surface area contributed by atoms with Crippen LogP contribution >= 0.6 is 0 Å². The molecule has 1 saturated carbocycles. The number of carbonyl (C=O) groups excluding carboxylic acids is 2. The number of hydrogen-bond acceptors (Lipinski definition) is 4. The zero-order valence-electron chi connectivity index (χ0n) is 18.8. The highest BCUT2D eigenvalue weighted by atomic mass is 16.2. The molecule has 1 aromatic heterocycles. The minimum absolute atomic E-state index is 0.0834. The average Bonchev–Trinajstić information content (AvgIpc) is 3.19.